The molecule has 0 bridgehead atoms. The molecular formula is C22H30N4O. The van der Waals surface area contributed by atoms with E-state index in [0.29, 0.717) is 11.6 Å². The standard InChI is InChI=1S/C11H16N2.C9H8N2O.C2H6/c1-12-11(9-5-4-6-9)10-7-2-3-8-13-10;1-6-8-4-7(5-12)2-3-9(8)11-10-6;1-2/h2-3,7-9,11-12H,4-6H2,1H3;2-5H,1H3,(H,10,11);1-2H3. The predicted octanol–water partition coefficient (Wildman–Crippen LogP) is 4.85. The molecule has 1 aliphatic carbocycles. The van der Waals surface area contributed by atoms with Crippen molar-refractivity contribution in [3.8, 4) is 0 Å². The number of benzene rings is 1. The summed E-state index contributed by atoms with van der Waals surface area (Å²) in [7, 11) is 2.03. The first-order chi connectivity index (χ1) is 13.2. The number of aldehydes is 1. The zero-order valence-corrected chi connectivity index (χ0v) is 16.7. The number of nitrogens with zero attached hydrogens (tertiary/aromatic N) is 2. The number of H-pyrrole nitrogens is 1. The van der Waals surface area contributed by atoms with E-state index in [1.54, 1.807) is 6.07 Å². The quantitative estimate of drug-likeness (QED) is 0.647. The van der Waals surface area contributed by atoms with Crippen LogP contribution in [0.1, 0.15) is 60.9 Å². The lowest BCUT2D eigenvalue weighted by Crippen LogP contribution is -2.30. The van der Waals surface area contributed by atoms with Gasteiger partial charge in [-0.3, -0.25) is 14.9 Å². The molecule has 1 aromatic carbocycles. The minimum atomic E-state index is 0.468. The van der Waals surface area contributed by atoms with E-state index in [0.717, 1.165) is 28.8 Å². The van der Waals surface area contributed by atoms with E-state index in [-0.39, 0.29) is 0 Å². The molecule has 3 aromatic rings. The molecule has 0 amide bonds. The molecule has 1 atom stereocenters. The number of carbonyl (C=O) groups is 1. The highest BCUT2D eigenvalue weighted by atomic mass is 16.1. The molecular weight excluding hydrogens is 336 g/mol. The van der Waals surface area contributed by atoms with Gasteiger partial charge in [-0.25, -0.2) is 0 Å². The fraction of sp³-hybridized carbons (Fsp3) is 0.409. The summed E-state index contributed by atoms with van der Waals surface area (Å²) in [5, 5.41) is 11.3. The first-order valence-corrected chi connectivity index (χ1v) is 9.71. The molecule has 0 radical (unpaired) electrons. The van der Waals surface area contributed by atoms with Crippen molar-refractivity contribution in [1.29, 1.82) is 0 Å². The average Bonchev–Trinajstić information content (AvgIpc) is 3.07. The van der Waals surface area contributed by atoms with Gasteiger partial charge in [-0.2, -0.15) is 5.10 Å². The summed E-state index contributed by atoms with van der Waals surface area (Å²) in [4.78, 5) is 14.8. The lowest BCUT2D eigenvalue weighted by Gasteiger charge is -2.33. The normalized spacial score (nSPS) is 14.2. The lowest BCUT2D eigenvalue weighted by atomic mass is 9.78. The van der Waals surface area contributed by atoms with Gasteiger partial charge >= 0.3 is 0 Å². The van der Waals surface area contributed by atoms with Crippen molar-refractivity contribution >= 4 is 17.2 Å². The number of nitrogens with one attached hydrogen (secondary N) is 2. The predicted molar refractivity (Wildman–Crippen MR) is 111 cm³/mol. The van der Waals surface area contributed by atoms with Crippen molar-refractivity contribution in [3.05, 3.63) is 59.5 Å². The Labute approximate surface area is 161 Å². The molecule has 27 heavy (non-hydrogen) atoms. The number of aromatic amines is 1. The SMILES string of the molecule is CC.CNC(c1ccccn1)C1CCC1.Cc1[nH]nc2ccc(C=O)cc12. The number of aryl methyl sites for hydroxylation is 1. The third-order valence-electron chi connectivity index (χ3n) is 4.84. The van der Waals surface area contributed by atoms with E-state index >= 15 is 0 Å². The Morgan fingerprint density at radius 3 is 2.56 bits per heavy atom. The summed E-state index contributed by atoms with van der Waals surface area (Å²) in [5.41, 5.74) is 3.77. The van der Waals surface area contributed by atoms with Crippen molar-refractivity contribution in [2.24, 2.45) is 5.92 Å². The van der Waals surface area contributed by atoms with Crippen LogP contribution in [0.2, 0.25) is 0 Å². The van der Waals surface area contributed by atoms with Crippen LogP contribution in [0.4, 0.5) is 0 Å². The van der Waals surface area contributed by atoms with Gasteiger partial charge in [0.15, 0.2) is 0 Å². The molecule has 2 aromatic heterocycles. The van der Waals surface area contributed by atoms with Gasteiger partial charge in [0.2, 0.25) is 0 Å². The van der Waals surface area contributed by atoms with Gasteiger partial charge < -0.3 is 5.32 Å². The Hall–Kier alpha value is -2.53. The summed E-state index contributed by atoms with van der Waals surface area (Å²) in [6, 6.07) is 12.0. The number of hydrogen-bond acceptors (Lipinski definition) is 4. The molecule has 1 unspecified atom stereocenters. The third kappa shape index (κ3) is 5.23. The van der Waals surface area contributed by atoms with Gasteiger partial charge in [0.05, 0.1) is 17.3 Å². The van der Waals surface area contributed by atoms with Gasteiger partial charge in [-0.1, -0.05) is 26.3 Å². The van der Waals surface area contributed by atoms with Crippen LogP contribution < -0.4 is 5.32 Å². The highest BCUT2D eigenvalue weighted by Crippen LogP contribution is 2.36. The molecule has 0 saturated heterocycles. The zero-order chi connectivity index (χ0) is 19.6. The van der Waals surface area contributed by atoms with Crippen LogP contribution >= 0.6 is 0 Å². The minimum absolute atomic E-state index is 0.468. The fourth-order valence-corrected chi connectivity index (χ4v) is 3.19. The summed E-state index contributed by atoms with van der Waals surface area (Å²) in [6.45, 7) is 5.93. The monoisotopic (exact) mass is 366 g/mol. The molecule has 0 aliphatic heterocycles. The number of carbonyl (C=O) groups excluding carboxylic acids is 1. The maximum Gasteiger partial charge on any atom is 0.150 e. The highest BCUT2D eigenvalue weighted by Gasteiger charge is 2.27. The van der Waals surface area contributed by atoms with Gasteiger partial charge in [-0.05, 0) is 63.1 Å². The van der Waals surface area contributed by atoms with Crippen molar-refractivity contribution in [2.75, 3.05) is 7.05 Å². The smallest absolute Gasteiger partial charge is 0.150 e. The molecule has 1 saturated carbocycles. The van der Waals surface area contributed by atoms with E-state index in [1.165, 1.54) is 25.0 Å². The van der Waals surface area contributed by atoms with Crippen LogP contribution in [-0.4, -0.2) is 28.5 Å². The van der Waals surface area contributed by atoms with Gasteiger partial charge in [0, 0.05) is 22.8 Å². The van der Waals surface area contributed by atoms with Gasteiger partial charge in [-0.15, -0.1) is 0 Å². The molecule has 144 valence electrons. The maximum absolute atomic E-state index is 10.5. The molecule has 1 aliphatic rings. The number of pyridine rings is 1. The second-order valence-electron chi connectivity index (χ2n) is 6.45. The van der Waals surface area contributed by atoms with Gasteiger partial charge in [0.1, 0.15) is 6.29 Å². The largest absolute Gasteiger partial charge is 0.311 e. The Bertz CT molecular complexity index is 825. The molecule has 5 heteroatoms. The number of hydrogen-bond donors (Lipinski definition) is 2. The molecule has 4 rings (SSSR count). The zero-order valence-electron chi connectivity index (χ0n) is 16.7. The third-order valence-corrected chi connectivity index (χ3v) is 4.84. The fourth-order valence-electron chi connectivity index (χ4n) is 3.19. The van der Waals surface area contributed by atoms with Crippen molar-refractivity contribution in [2.45, 2.75) is 46.1 Å². The van der Waals surface area contributed by atoms with Crippen LogP contribution in [0, 0.1) is 12.8 Å². The van der Waals surface area contributed by atoms with E-state index in [1.807, 2.05) is 52.2 Å². The Balaban J connectivity index is 0.000000178. The van der Waals surface area contributed by atoms with E-state index in [4.69, 9.17) is 0 Å². The van der Waals surface area contributed by atoms with Crippen LogP contribution in [0.25, 0.3) is 10.9 Å². The van der Waals surface area contributed by atoms with Crippen LogP contribution in [0.15, 0.2) is 42.6 Å². The number of fused-ring (bicyclic) bond motifs is 1. The topological polar surface area (TPSA) is 70.7 Å². The summed E-state index contributed by atoms with van der Waals surface area (Å²) >= 11 is 0. The van der Waals surface area contributed by atoms with Crippen LogP contribution in [0.3, 0.4) is 0 Å². The van der Waals surface area contributed by atoms with Crippen LogP contribution in [-0.2, 0) is 0 Å². The van der Waals surface area contributed by atoms with Gasteiger partial charge in [0.25, 0.3) is 0 Å². The second kappa shape index (κ2) is 10.6. The maximum atomic E-state index is 10.5. The molecule has 1 fully saturated rings. The number of rotatable bonds is 4. The van der Waals surface area contributed by atoms with Crippen LogP contribution in [0.5, 0.6) is 0 Å². The molecule has 2 heterocycles. The first-order valence-electron chi connectivity index (χ1n) is 9.71. The lowest BCUT2D eigenvalue weighted by molar-refractivity contribution is 0.112. The van der Waals surface area contributed by atoms with E-state index in [2.05, 4.69) is 32.6 Å². The molecule has 2 N–H and O–H groups in total. The average molecular weight is 367 g/mol. The Morgan fingerprint density at radius 2 is 2.00 bits per heavy atom. The molecule has 0 spiro atoms. The summed E-state index contributed by atoms with van der Waals surface area (Å²) in [6.07, 6.45) is 6.80. The van der Waals surface area contributed by atoms with Crippen molar-refractivity contribution in [1.82, 2.24) is 20.5 Å². The summed E-state index contributed by atoms with van der Waals surface area (Å²) in [5.74, 6) is 0.805. The van der Waals surface area contributed by atoms with E-state index < -0.39 is 0 Å². The number of aromatic nitrogens is 3. The highest BCUT2D eigenvalue weighted by molar-refractivity contribution is 5.88. The Kier molecular flexibility index (Phi) is 8.14. The summed E-state index contributed by atoms with van der Waals surface area (Å²) < 4.78 is 0. The molecule has 5 nitrogen and oxygen atoms in total. The van der Waals surface area contributed by atoms with E-state index in [9.17, 15) is 4.79 Å². The minimum Gasteiger partial charge on any atom is -0.311 e. The van der Waals surface area contributed by atoms with Crippen molar-refractivity contribution in [3.63, 3.8) is 0 Å². The second-order valence-corrected chi connectivity index (χ2v) is 6.45. The first kappa shape index (κ1) is 20.8. The van der Waals surface area contributed by atoms with Crippen molar-refractivity contribution < 1.29 is 4.79 Å². The Morgan fingerprint density at radius 1 is 1.22 bits per heavy atom.